The van der Waals surface area contributed by atoms with Gasteiger partial charge in [0.2, 0.25) is 0 Å². The Balaban J connectivity index is 2.84. The number of thiol groups is 1. The summed E-state index contributed by atoms with van der Waals surface area (Å²) in [5, 5.41) is 8.71. The Bertz CT molecular complexity index is 350. The highest BCUT2D eigenvalue weighted by molar-refractivity contribution is 7.73. The SMILES string of the molecule is C[C@@H]([C@@H](O)c1cn(C)cn1)[SH](=O)=O. The molecule has 0 aliphatic rings. The van der Waals surface area contributed by atoms with Gasteiger partial charge in [0.05, 0.1) is 17.3 Å². The Hall–Kier alpha value is -0.880. The lowest BCUT2D eigenvalue weighted by Gasteiger charge is -2.09. The van der Waals surface area contributed by atoms with E-state index >= 15 is 0 Å². The van der Waals surface area contributed by atoms with E-state index in [4.69, 9.17) is 0 Å². The molecule has 0 aliphatic carbocycles. The predicted octanol–water partition coefficient (Wildman–Crippen LogP) is -0.547. The Labute approximate surface area is 78.0 Å². The number of rotatable bonds is 3. The molecule has 13 heavy (non-hydrogen) atoms. The van der Waals surface area contributed by atoms with Crippen LogP contribution in [-0.4, -0.2) is 28.3 Å². The minimum absolute atomic E-state index is 0.384. The Kier molecular flexibility index (Phi) is 3.05. The molecule has 1 aromatic rings. The van der Waals surface area contributed by atoms with Gasteiger partial charge in [-0.25, -0.2) is 13.4 Å². The number of aryl methyl sites for hydroxylation is 1. The van der Waals surface area contributed by atoms with Crippen molar-refractivity contribution in [3.63, 3.8) is 0 Å². The zero-order chi connectivity index (χ0) is 10.0. The summed E-state index contributed by atoms with van der Waals surface area (Å²) in [7, 11) is -0.860. The van der Waals surface area contributed by atoms with E-state index in [-0.39, 0.29) is 0 Å². The monoisotopic (exact) mass is 204 g/mol. The minimum Gasteiger partial charge on any atom is -0.385 e. The maximum Gasteiger partial charge on any atom is 0.145 e. The number of aromatic nitrogens is 2. The summed E-state index contributed by atoms with van der Waals surface area (Å²) in [5.41, 5.74) is 0.384. The lowest BCUT2D eigenvalue weighted by Crippen LogP contribution is -2.16. The zero-order valence-electron chi connectivity index (χ0n) is 7.41. The van der Waals surface area contributed by atoms with Gasteiger partial charge in [0.25, 0.3) is 0 Å². The van der Waals surface area contributed by atoms with E-state index in [0.29, 0.717) is 5.69 Å². The number of imidazole rings is 1. The first kappa shape index (κ1) is 10.2. The van der Waals surface area contributed by atoms with E-state index in [1.807, 2.05) is 0 Å². The molecule has 5 nitrogen and oxygen atoms in total. The summed E-state index contributed by atoms with van der Waals surface area (Å²) in [6.45, 7) is 1.45. The average molecular weight is 204 g/mol. The second-order valence-electron chi connectivity index (χ2n) is 2.93. The van der Waals surface area contributed by atoms with E-state index in [1.165, 1.54) is 13.3 Å². The van der Waals surface area contributed by atoms with Crippen LogP contribution in [0.4, 0.5) is 0 Å². The predicted molar refractivity (Wildman–Crippen MR) is 47.9 cm³/mol. The van der Waals surface area contributed by atoms with Crippen LogP contribution in [0.2, 0.25) is 0 Å². The third-order valence-corrected chi connectivity index (χ3v) is 2.76. The summed E-state index contributed by atoms with van der Waals surface area (Å²) in [5.74, 6) is 0. The van der Waals surface area contributed by atoms with Crippen molar-refractivity contribution < 1.29 is 13.5 Å². The summed E-state index contributed by atoms with van der Waals surface area (Å²) in [6.07, 6.45) is 2.07. The number of hydrogen-bond donors (Lipinski definition) is 2. The molecule has 0 radical (unpaired) electrons. The Morgan fingerprint density at radius 2 is 2.23 bits per heavy atom. The fourth-order valence-electron chi connectivity index (χ4n) is 0.948. The van der Waals surface area contributed by atoms with Crippen LogP contribution in [-0.2, 0) is 17.8 Å². The zero-order valence-corrected chi connectivity index (χ0v) is 8.31. The van der Waals surface area contributed by atoms with Gasteiger partial charge in [-0.05, 0) is 6.92 Å². The molecule has 0 fully saturated rings. The van der Waals surface area contributed by atoms with E-state index in [9.17, 15) is 13.5 Å². The van der Waals surface area contributed by atoms with Crippen LogP contribution in [0.5, 0.6) is 0 Å². The second-order valence-corrected chi connectivity index (χ2v) is 4.32. The van der Waals surface area contributed by atoms with Gasteiger partial charge >= 0.3 is 0 Å². The molecule has 74 valence electrons. The molecule has 0 spiro atoms. The maximum atomic E-state index is 10.6. The fourth-order valence-corrected chi connectivity index (χ4v) is 1.33. The van der Waals surface area contributed by atoms with Gasteiger partial charge in [-0.2, -0.15) is 0 Å². The minimum atomic E-state index is -2.61. The number of hydrogen-bond acceptors (Lipinski definition) is 4. The molecule has 6 heteroatoms. The molecule has 1 aromatic heterocycles. The largest absolute Gasteiger partial charge is 0.385 e. The fraction of sp³-hybridized carbons (Fsp3) is 0.571. The van der Waals surface area contributed by atoms with Crippen molar-refractivity contribution in [3.8, 4) is 0 Å². The highest BCUT2D eigenvalue weighted by Gasteiger charge is 2.20. The molecular formula is C7H12N2O3S. The van der Waals surface area contributed by atoms with Crippen molar-refractivity contribution in [2.45, 2.75) is 18.3 Å². The molecule has 0 amide bonds. The summed E-state index contributed by atoms with van der Waals surface area (Å²) in [4.78, 5) is 3.86. The molecule has 0 saturated carbocycles. The number of aliphatic hydroxyl groups excluding tert-OH is 1. The first-order chi connectivity index (χ1) is 6.02. The molecule has 0 saturated heterocycles. The summed E-state index contributed by atoms with van der Waals surface area (Å²) in [6, 6.07) is 0. The van der Waals surface area contributed by atoms with Crippen LogP contribution < -0.4 is 0 Å². The Morgan fingerprint density at radius 1 is 1.62 bits per heavy atom. The highest BCUT2D eigenvalue weighted by Crippen LogP contribution is 2.15. The van der Waals surface area contributed by atoms with Gasteiger partial charge in [0.1, 0.15) is 16.8 Å². The molecule has 1 N–H and O–H groups in total. The lowest BCUT2D eigenvalue weighted by atomic mass is 10.2. The van der Waals surface area contributed by atoms with Crippen LogP contribution >= 0.6 is 0 Å². The normalized spacial score (nSPS) is 16.0. The van der Waals surface area contributed by atoms with Gasteiger partial charge in [0.15, 0.2) is 0 Å². The van der Waals surface area contributed by atoms with Crippen molar-refractivity contribution in [1.82, 2.24) is 9.55 Å². The van der Waals surface area contributed by atoms with E-state index < -0.39 is 22.1 Å². The van der Waals surface area contributed by atoms with Crippen LogP contribution in [0.25, 0.3) is 0 Å². The van der Waals surface area contributed by atoms with E-state index in [1.54, 1.807) is 17.8 Å². The van der Waals surface area contributed by atoms with Crippen LogP contribution in [0.1, 0.15) is 18.7 Å². The molecule has 0 bridgehead atoms. The molecule has 1 rings (SSSR count). The Morgan fingerprint density at radius 3 is 2.62 bits per heavy atom. The van der Waals surface area contributed by atoms with Crippen LogP contribution in [0.15, 0.2) is 12.5 Å². The van der Waals surface area contributed by atoms with Crippen LogP contribution in [0, 0.1) is 0 Å². The van der Waals surface area contributed by atoms with Crippen molar-refractivity contribution >= 4 is 10.7 Å². The number of nitrogens with zero attached hydrogens (tertiary/aromatic N) is 2. The lowest BCUT2D eigenvalue weighted by molar-refractivity contribution is 0.172. The first-order valence-electron chi connectivity index (χ1n) is 3.81. The molecule has 0 aromatic carbocycles. The standard InChI is InChI=1S/C7H12N2O3S/c1-5(13(11)12)7(10)6-3-9(2)4-8-6/h3-5,7,10,13H,1-2H3/t5-,7+/m0/s1. The summed E-state index contributed by atoms with van der Waals surface area (Å²) >= 11 is 0. The van der Waals surface area contributed by atoms with Gasteiger partial charge in [0, 0.05) is 13.2 Å². The molecule has 0 aliphatic heterocycles. The smallest absolute Gasteiger partial charge is 0.145 e. The quantitative estimate of drug-likeness (QED) is 0.648. The molecule has 2 atom stereocenters. The van der Waals surface area contributed by atoms with Gasteiger partial charge in [-0.15, -0.1) is 0 Å². The number of aliphatic hydroxyl groups is 1. The third-order valence-electron chi connectivity index (χ3n) is 1.82. The highest BCUT2D eigenvalue weighted by atomic mass is 32.2. The van der Waals surface area contributed by atoms with E-state index in [2.05, 4.69) is 4.98 Å². The average Bonchev–Trinajstić information content (AvgIpc) is 2.49. The van der Waals surface area contributed by atoms with Gasteiger partial charge in [-0.3, -0.25) is 0 Å². The van der Waals surface area contributed by atoms with Crippen molar-refractivity contribution in [3.05, 3.63) is 18.2 Å². The van der Waals surface area contributed by atoms with Crippen molar-refractivity contribution in [1.29, 1.82) is 0 Å². The molecule has 1 heterocycles. The third kappa shape index (κ3) is 2.28. The van der Waals surface area contributed by atoms with Crippen molar-refractivity contribution in [2.24, 2.45) is 7.05 Å². The van der Waals surface area contributed by atoms with E-state index in [0.717, 1.165) is 0 Å². The first-order valence-corrected chi connectivity index (χ1v) is 5.06. The van der Waals surface area contributed by atoms with Gasteiger partial charge < -0.3 is 9.67 Å². The second kappa shape index (κ2) is 3.89. The molecular weight excluding hydrogens is 192 g/mol. The van der Waals surface area contributed by atoms with Gasteiger partial charge in [-0.1, -0.05) is 0 Å². The molecule has 0 unspecified atom stereocenters. The maximum absolute atomic E-state index is 10.6. The van der Waals surface area contributed by atoms with Crippen molar-refractivity contribution in [2.75, 3.05) is 0 Å². The summed E-state index contributed by atoms with van der Waals surface area (Å²) < 4.78 is 22.8. The van der Waals surface area contributed by atoms with Crippen LogP contribution in [0.3, 0.4) is 0 Å². The topological polar surface area (TPSA) is 72.2 Å².